The summed E-state index contributed by atoms with van der Waals surface area (Å²) in [6.07, 6.45) is 3.44. The number of aromatic nitrogens is 2. The van der Waals surface area contributed by atoms with Crippen LogP contribution in [0, 0.1) is 0 Å². The van der Waals surface area contributed by atoms with Gasteiger partial charge in [0.2, 0.25) is 5.91 Å². The van der Waals surface area contributed by atoms with E-state index in [9.17, 15) is 13.6 Å². The number of halogens is 3. The summed E-state index contributed by atoms with van der Waals surface area (Å²) in [5, 5.41) is 0.609. The number of rotatable bonds is 5. The molecule has 188 valence electrons. The Morgan fingerprint density at radius 1 is 1.09 bits per heavy atom. The Labute approximate surface area is 210 Å². The van der Waals surface area contributed by atoms with Gasteiger partial charge < -0.3 is 14.7 Å². The number of hydrogen-bond donors (Lipinski definition) is 0. The van der Waals surface area contributed by atoms with E-state index < -0.39 is 11.8 Å². The second-order valence-corrected chi connectivity index (χ2v) is 10.5. The molecule has 0 radical (unpaired) electrons. The van der Waals surface area contributed by atoms with Crippen molar-refractivity contribution in [3.63, 3.8) is 0 Å². The van der Waals surface area contributed by atoms with Crippen molar-refractivity contribution in [3.8, 4) is 0 Å². The number of anilines is 1. The molecule has 6 nitrogen and oxygen atoms in total. The number of hydrogen-bond acceptors (Lipinski definition) is 5. The maximum absolute atomic E-state index is 13.7. The SMILES string of the molecule is CC1CCc2ncnc(N3CCN(C(=O)C(CN4CCC(F)(F)CC4)c4ccc(Cl)cc4)CC3)c21. The van der Waals surface area contributed by atoms with Crippen molar-refractivity contribution in [2.24, 2.45) is 0 Å². The number of aryl methyl sites for hydroxylation is 1. The van der Waals surface area contributed by atoms with E-state index in [0.717, 1.165) is 29.9 Å². The molecule has 0 bridgehead atoms. The van der Waals surface area contributed by atoms with Crippen LogP contribution in [0.1, 0.15) is 54.8 Å². The van der Waals surface area contributed by atoms with Crippen LogP contribution < -0.4 is 4.90 Å². The van der Waals surface area contributed by atoms with Crippen LogP contribution in [-0.2, 0) is 11.2 Å². The molecule has 2 atom stereocenters. The number of nitrogens with zero attached hydrogens (tertiary/aromatic N) is 5. The summed E-state index contributed by atoms with van der Waals surface area (Å²) < 4.78 is 27.4. The standard InChI is InChI=1S/C26H32ClF2N5O/c1-18-2-7-22-23(18)24(31-17-30-22)33-12-14-34(15-13-33)25(35)21(19-3-5-20(27)6-4-19)16-32-10-8-26(28,29)9-11-32/h3-6,17-18,21H,2,7-16H2,1H3. The fraction of sp³-hybridized carbons (Fsp3) is 0.577. The Hall–Kier alpha value is -2.32. The molecule has 1 aromatic carbocycles. The number of amides is 1. The van der Waals surface area contributed by atoms with Crippen molar-refractivity contribution in [1.82, 2.24) is 19.8 Å². The summed E-state index contributed by atoms with van der Waals surface area (Å²) in [5.41, 5.74) is 3.28. The van der Waals surface area contributed by atoms with Gasteiger partial charge >= 0.3 is 0 Å². The fourth-order valence-electron chi connectivity index (χ4n) is 5.58. The lowest BCUT2D eigenvalue weighted by atomic mass is 9.95. The van der Waals surface area contributed by atoms with Crippen LogP contribution >= 0.6 is 11.6 Å². The number of benzene rings is 1. The molecule has 2 aromatic rings. The average Bonchev–Trinajstić information content (AvgIpc) is 3.25. The third kappa shape index (κ3) is 5.28. The van der Waals surface area contributed by atoms with E-state index in [2.05, 4.69) is 21.8 Å². The molecule has 1 aromatic heterocycles. The first-order chi connectivity index (χ1) is 16.8. The summed E-state index contributed by atoms with van der Waals surface area (Å²) in [4.78, 5) is 29.0. The highest BCUT2D eigenvalue weighted by Crippen LogP contribution is 2.37. The molecular formula is C26H32ClF2N5O. The van der Waals surface area contributed by atoms with E-state index in [1.165, 1.54) is 5.56 Å². The second kappa shape index (κ2) is 9.97. The first-order valence-corrected chi connectivity index (χ1v) is 12.9. The number of likely N-dealkylation sites (tertiary alicyclic amines) is 1. The van der Waals surface area contributed by atoms with E-state index in [0.29, 0.717) is 56.8 Å². The molecule has 0 N–H and O–H groups in total. The minimum atomic E-state index is -2.61. The zero-order valence-electron chi connectivity index (χ0n) is 20.1. The zero-order chi connectivity index (χ0) is 24.6. The Bertz CT molecular complexity index is 1050. The van der Waals surface area contributed by atoms with Gasteiger partial charge in [0.15, 0.2) is 0 Å². The smallest absolute Gasteiger partial charge is 0.250 e. The number of fused-ring (bicyclic) bond motifs is 1. The molecule has 3 heterocycles. The second-order valence-electron chi connectivity index (χ2n) is 10.1. The molecule has 0 spiro atoms. The van der Waals surface area contributed by atoms with Gasteiger partial charge in [0.25, 0.3) is 5.92 Å². The first-order valence-electron chi connectivity index (χ1n) is 12.5. The zero-order valence-corrected chi connectivity index (χ0v) is 20.9. The van der Waals surface area contributed by atoms with Crippen molar-refractivity contribution < 1.29 is 13.6 Å². The van der Waals surface area contributed by atoms with Gasteiger partial charge in [-0.25, -0.2) is 18.7 Å². The summed E-state index contributed by atoms with van der Waals surface area (Å²) in [5.74, 6) is -1.51. The van der Waals surface area contributed by atoms with Crippen LogP contribution in [0.5, 0.6) is 0 Å². The van der Waals surface area contributed by atoms with Gasteiger partial charge in [-0.15, -0.1) is 0 Å². The monoisotopic (exact) mass is 503 g/mol. The van der Waals surface area contributed by atoms with Crippen molar-refractivity contribution in [2.45, 2.75) is 50.4 Å². The summed E-state index contributed by atoms with van der Waals surface area (Å²) in [7, 11) is 0. The molecule has 35 heavy (non-hydrogen) atoms. The van der Waals surface area contributed by atoms with Gasteiger partial charge in [-0.2, -0.15) is 0 Å². The van der Waals surface area contributed by atoms with Gasteiger partial charge in [-0.1, -0.05) is 30.7 Å². The van der Waals surface area contributed by atoms with Gasteiger partial charge in [-0.05, 0) is 36.5 Å². The minimum absolute atomic E-state index is 0.0468. The van der Waals surface area contributed by atoms with Gasteiger partial charge in [-0.3, -0.25) is 4.79 Å². The predicted octanol–water partition coefficient (Wildman–Crippen LogP) is 4.34. The Morgan fingerprint density at radius 3 is 2.46 bits per heavy atom. The molecule has 2 saturated heterocycles. The van der Waals surface area contributed by atoms with Crippen LogP contribution in [0.2, 0.25) is 5.02 Å². The van der Waals surface area contributed by atoms with Crippen molar-refractivity contribution in [1.29, 1.82) is 0 Å². The van der Waals surface area contributed by atoms with Crippen molar-refractivity contribution in [2.75, 3.05) is 50.7 Å². The first kappa shape index (κ1) is 24.4. The Morgan fingerprint density at radius 2 is 1.77 bits per heavy atom. The molecule has 2 fully saturated rings. The summed E-state index contributed by atoms with van der Waals surface area (Å²) in [6, 6.07) is 7.34. The highest BCUT2D eigenvalue weighted by Gasteiger charge is 2.37. The number of carbonyl (C=O) groups is 1. The van der Waals surface area contributed by atoms with E-state index in [4.69, 9.17) is 11.6 Å². The van der Waals surface area contributed by atoms with Gasteiger partial charge in [0.05, 0.1) is 5.92 Å². The number of piperidine rings is 1. The number of piperazine rings is 1. The highest BCUT2D eigenvalue weighted by atomic mass is 35.5. The lowest BCUT2D eigenvalue weighted by Crippen LogP contribution is -2.52. The van der Waals surface area contributed by atoms with Crippen LogP contribution in [0.15, 0.2) is 30.6 Å². The fourth-order valence-corrected chi connectivity index (χ4v) is 5.70. The molecule has 1 amide bonds. The molecule has 2 aliphatic heterocycles. The lowest BCUT2D eigenvalue weighted by Gasteiger charge is -2.39. The van der Waals surface area contributed by atoms with Gasteiger partial charge in [0.1, 0.15) is 12.1 Å². The molecule has 1 aliphatic carbocycles. The third-order valence-electron chi connectivity index (χ3n) is 7.74. The van der Waals surface area contributed by atoms with E-state index in [-0.39, 0.29) is 18.7 Å². The molecular weight excluding hydrogens is 472 g/mol. The summed E-state index contributed by atoms with van der Waals surface area (Å²) in [6.45, 7) is 5.91. The lowest BCUT2D eigenvalue weighted by molar-refractivity contribution is -0.134. The maximum Gasteiger partial charge on any atom is 0.250 e. The maximum atomic E-state index is 13.7. The van der Waals surface area contributed by atoms with E-state index in [1.807, 2.05) is 21.9 Å². The average molecular weight is 504 g/mol. The van der Waals surface area contributed by atoms with Crippen LogP contribution in [-0.4, -0.2) is 77.4 Å². The van der Waals surface area contributed by atoms with Crippen LogP contribution in [0.3, 0.4) is 0 Å². The van der Waals surface area contributed by atoms with Crippen LogP contribution in [0.4, 0.5) is 14.6 Å². The number of alkyl halides is 2. The Kier molecular flexibility index (Phi) is 6.95. The van der Waals surface area contributed by atoms with Gasteiger partial charge in [0, 0.05) is 74.9 Å². The topological polar surface area (TPSA) is 52.6 Å². The minimum Gasteiger partial charge on any atom is -0.353 e. The predicted molar refractivity (Wildman–Crippen MR) is 132 cm³/mol. The molecule has 3 aliphatic rings. The third-order valence-corrected chi connectivity index (χ3v) is 7.99. The van der Waals surface area contributed by atoms with Crippen molar-refractivity contribution >= 4 is 23.3 Å². The normalized spacial score (nSPS) is 23.3. The quantitative estimate of drug-likeness (QED) is 0.607. The Balaban J connectivity index is 1.29. The van der Waals surface area contributed by atoms with Crippen LogP contribution in [0.25, 0.3) is 0 Å². The molecule has 2 unspecified atom stereocenters. The highest BCUT2D eigenvalue weighted by molar-refractivity contribution is 6.30. The summed E-state index contributed by atoms with van der Waals surface area (Å²) >= 11 is 6.09. The van der Waals surface area contributed by atoms with E-state index in [1.54, 1.807) is 18.5 Å². The largest absolute Gasteiger partial charge is 0.353 e. The van der Waals surface area contributed by atoms with E-state index >= 15 is 0 Å². The van der Waals surface area contributed by atoms with Crippen molar-refractivity contribution in [3.05, 3.63) is 52.4 Å². The molecule has 0 saturated carbocycles. The molecule has 9 heteroatoms. The molecule has 5 rings (SSSR count). The number of carbonyl (C=O) groups excluding carboxylic acids is 1.